The molecule has 20 heavy (non-hydrogen) atoms. The molecule has 1 aliphatic heterocycles. The summed E-state index contributed by atoms with van der Waals surface area (Å²) in [5.41, 5.74) is 6.53. The van der Waals surface area contributed by atoms with Crippen molar-refractivity contribution in [2.75, 3.05) is 24.5 Å². The Morgan fingerprint density at radius 1 is 1.25 bits per heavy atom. The third-order valence-corrected chi connectivity index (χ3v) is 3.82. The molecule has 2 aromatic rings. The van der Waals surface area contributed by atoms with Crippen LogP contribution in [0.5, 0.6) is 0 Å². The number of nitrogens with one attached hydrogen (secondary N) is 1. The molecule has 106 valence electrons. The van der Waals surface area contributed by atoms with Gasteiger partial charge in [0, 0.05) is 18.7 Å². The van der Waals surface area contributed by atoms with Crippen LogP contribution in [0, 0.1) is 11.7 Å². The number of H-pyrrole nitrogens is 1. The molecule has 1 aromatic heterocycles. The number of nitrogens with two attached hydrogens (primary N) is 1. The van der Waals surface area contributed by atoms with Gasteiger partial charge in [-0.2, -0.15) is 4.98 Å². The van der Waals surface area contributed by atoms with Gasteiger partial charge in [-0.3, -0.25) is 5.10 Å². The lowest BCUT2D eigenvalue weighted by atomic mass is 9.97. The van der Waals surface area contributed by atoms with Crippen LogP contribution < -0.4 is 10.6 Å². The van der Waals surface area contributed by atoms with Gasteiger partial charge < -0.3 is 10.6 Å². The Morgan fingerprint density at radius 2 is 1.95 bits per heavy atom. The highest BCUT2D eigenvalue weighted by molar-refractivity contribution is 5.56. The maximum absolute atomic E-state index is 12.9. The topological polar surface area (TPSA) is 70.8 Å². The van der Waals surface area contributed by atoms with Crippen molar-refractivity contribution in [3.8, 4) is 11.4 Å². The van der Waals surface area contributed by atoms with Crippen LogP contribution in [-0.2, 0) is 0 Å². The van der Waals surface area contributed by atoms with Gasteiger partial charge in [0.25, 0.3) is 0 Å². The quantitative estimate of drug-likeness (QED) is 0.896. The molecule has 0 radical (unpaired) electrons. The number of piperidine rings is 1. The SMILES string of the molecule is NCC1CCN(c2n[nH]c(-c3ccc(F)cc3)n2)CC1. The molecule has 0 aliphatic carbocycles. The van der Waals surface area contributed by atoms with Crippen LogP contribution in [0.1, 0.15) is 12.8 Å². The molecular weight excluding hydrogens is 257 g/mol. The molecular formula is C14H18FN5. The zero-order valence-corrected chi connectivity index (χ0v) is 11.2. The number of rotatable bonds is 3. The minimum atomic E-state index is -0.252. The Labute approximate surface area is 117 Å². The highest BCUT2D eigenvalue weighted by Crippen LogP contribution is 2.22. The van der Waals surface area contributed by atoms with Crippen LogP contribution in [0.3, 0.4) is 0 Å². The zero-order valence-electron chi connectivity index (χ0n) is 11.2. The molecule has 0 unspecified atom stereocenters. The lowest BCUT2D eigenvalue weighted by Crippen LogP contribution is -2.36. The van der Waals surface area contributed by atoms with E-state index in [9.17, 15) is 4.39 Å². The largest absolute Gasteiger partial charge is 0.340 e. The van der Waals surface area contributed by atoms with E-state index >= 15 is 0 Å². The summed E-state index contributed by atoms with van der Waals surface area (Å²) >= 11 is 0. The molecule has 5 nitrogen and oxygen atoms in total. The lowest BCUT2D eigenvalue weighted by Gasteiger charge is -2.30. The summed E-state index contributed by atoms with van der Waals surface area (Å²) in [6.07, 6.45) is 2.16. The van der Waals surface area contributed by atoms with Crippen molar-refractivity contribution in [3.63, 3.8) is 0 Å². The van der Waals surface area contributed by atoms with E-state index in [-0.39, 0.29) is 5.82 Å². The summed E-state index contributed by atoms with van der Waals surface area (Å²) in [5, 5.41) is 7.17. The van der Waals surface area contributed by atoms with E-state index < -0.39 is 0 Å². The molecule has 0 amide bonds. The minimum Gasteiger partial charge on any atom is -0.340 e. The first-order valence-electron chi connectivity index (χ1n) is 6.89. The second-order valence-electron chi connectivity index (χ2n) is 5.16. The normalized spacial score (nSPS) is 16.6. The monoisotopic (exact) mass is 275 g/mol. The molecule has 2 heterocycles. The molecule has 1 aromatic carbocycles. The maximum atomic E-state index is 12.9. The number of hydrogen-bond donors (Lipinski definition) is 2. The Bertz CT molecular complexity index is 557. The third-order valence-electron chi connectivity index (χ3n) is 3.82. The number of halogens is 1. The minimum absolute atomic E-state index is 0.252. The summed E-state index contributed by atoms with van der Waals surface area (Å²) in [6, 6.07) is 6.23. The number of aromatic nitrogens is 3. The number of anilines is 1. The van der Waals surface area contributed by atoms with E-state index in [1.807, 2.05) is 0 Å². The van der Waals surface area contributed by atoms with Crippen molar-refractivity contribution in [1.82, 2.24) is 15.2 Å². The molecule has 3 rings (SSSR count). The second kappa shape index (κ2) is 5.58. The first kappa shape index (κ1) is 13.1. The summed E-state index contributed by atoms with van der Waals surface area (Å²) in [6.45, 7) is 2.62. The van der Waals surface area contributed by atoms with Gasteiger partial charge in [0.15, 0.2) is 5.82 Å². The second-order valence-corrected chi connectivity index (χ2v) is 5.16. The molecule has 1 saturated heterocycles. The molecule has 6 heteroatoms. The first-order chi connectivity index (χ1) is 9.76. The number of hydrogen-bond acceptors (Lipinski definition) is 4. The van der Waals surface area contributed by atoms with Gasteiger partial charge in [0.1, 0.15) is 5.82 Å². The van der Waals surface area contributed by atoms with Gasteiger partial charge in [-0.05, 0) is 49.6 Å². The fourth-order valence-electron chi connectivity index (χ4n) is 2.50. The van der Waals surface area contributed by atoms with E-state index in [1.165, 1.54) is 12.1 Å². The Hall–Kier alpha value is -1.95. The summed E-state index contributed by atoms with van der Waals surface area (Å²) in [4.78, 5) is 6.65. The smallest absolute Gasteiger partial charge is 0.245 e. The van der Waals surface area contributed by atoms with Crippen molar-refractivity contribution in [2.24, 2.45) is 11.7 Å². The van der Waals surface area contributed by atoms with Crippen LogP contribution in [0.25, 0.3) is 11.4 Å². The third kappa shape index (κ3) is 2.65. The van der Waals surface area contributed by atoms with Crippen LogP contribution in [0.15, 0.2) is 24.3 Å². The maximum Gasteiger partial charge on any atom is 0.245 e. The van der Waals surface area contributed by atoms with E-state index in [1.54, 1.807) is 12.1 Å². The highest BCUT2D eigenvalue weighted by atomic mass is 19.1. The van der Waals surface area contributed by atoms with Gasteiger partial charge in [-0.1, -0.05) is 0 Å². The van der Waals surface area contributed by atoms with Crippen molar-refractivity contribution < 1.29 is 4.39 Å². The van der Waals surface area contributed by atoms with Crippen molar-refractivity contribution >= 4 is 5.95 Å². The van der Waals surface area contributed by atoms with Crippen molar-refractivity contribution in [3.05, 3.63) is 30.1 Å². The molecule has 0 bridgehead atoms. The van der Waals surface area contributed by atoms with Gasteiger partial charge in [0.05, 0.1) is 0 Å². The number of benzene rings is 1. The summed E-state index contributed by atoms with van der Waals surface area (Å²) < 4.78 is 12.9. The Morgan fingerprint density at radius 3 is 2.60 bits per heavy atom. The highest BCUT2D eigenvalue weighted by Gasteiger charge is 2.21. The predicted molar refractivity (Wildman–Crippen MR) is 75.8 cm³/mol. The Balaban J connectivity index is 1.72. The van der Waals surface area contributed by atoms with Crippen LogP contribution in [-0.4, -0.2) is 34.8 Å². The standard InChI is InChI=1S/C14H18FN5/c15-12-3-1-11(2-4-12)13-17-14(19-18-13)20-7-5-10(9-16)6-8-20/h1-4,10H,5-9,16H2,(H,17,18,19). The van der Waals surface area contributed by atoms with Crippen LogP contribution >= 0.6 is 0 Å². The van der Waals surface area contributed by atoms with Crippen LogP contribution in [0.4, 0.5) is 10.3 Å². The molecule has 0 spiro atoms. The molecule has 1 fully saturated rings. The predicted octanol–water partition coefficient (Wildman–Crippen LogP) is 1.79. The lowest BCUT2D eigenvalue weighted by molar-refractivity contribution is 0.411. The van der Waals surface area contributed by atoms with Crippen molar-refractivity contribution in [1.29, 1.82) is 0 Å². The summed E-state index contributed by atoms with van der Waals surface area (Å²) in [7, 11) is 0. The first-order valence-corrected chi connectivity index (χ1v) is 6.89. The van der Waals surface area contributed by atoms with E-state index in [2.05, 4.69) is 20.1 Å². The van der Waals surface area contributed by atoms with E-state index in [0.717, 1.165) is 38.0 Å². The molecule has 0 saturated carbocycles. The van der Waals surface area contributed by atoms with Crippen LogP contribution in [0.2, 0.25) is 0 Å². The average molecular weight is 275 g/mol. The average Bonchev–Trinajstić information content (AvgIpc) is 2.98. The number of nitrogens with zero attached hydrogens (tertiary/aromatic N) is 3. The zero-order chi connectivity index (χ0) is 13.9. The molecule has 1 aliphatic rings. The van der Waals surface area contributed by atoms with Gasteiger partial charge in [0.2, 0.25) is 5.95 Å². The van der Waals surface area contributed by atoms with Gasteiger partial charge >= 0.3 is 0 Å². The van der Waals surface area contributed by atoms with E-state index in [0.29, 0.717) is 17.7 Å². The van der Waals surface area contributed by atoms with Gasteiger partial charge in [-0.25, -0.2) is 4.39 Å². The molecule has 3 N–H and O–H groups in total. The fraction of sp³-hybridized carbons (Fsp3) is 0.429. The Kier molecular flexibility index (Phi) is 3.64. The number of aromatic amines is 1. The fourth-order valence-corrected chi connectivity index (χ4v) is 2.50. The molecule has 0 atom stereocenters. The van der Waals surface area contributed by atoms with Gasteiger partial charge in [-0.15, -0.1) is 5.10 Å². The van der Waals surface area contributed by atoms with E-state index in [4.69, 9.17) is 5.73 Å². The summed E-state index contributed by atoms with van der Waals surface area (Å²) in [5.74, 6) is 1.74. The van der Waals surface area contributed by atoms with Crippen molar-refractivity contribution in [2.45, 2.75) is 12.8 Å².